The molecule has 106 valence electrons. The molecule has 0 spiro atoms. The maximum Gasteiger partial charge on any atom is 0.284 e. The van der Waals surface area contributed by atoms with E-state index < -0.39 is 0 Å². The van der Waals surface area contributed by atoms with E-state index in [2.05, 4.69) is 11.2 Å². The van der Waals surface area contributed by atoms with Crippen LogP contribution >= 0.6 is 0 Å². The Labute approximate surface area is 119 Å². The van der Waals surface area contributed by atoms with Gasteiger partial charge in [-0.05, 0) is 57.4 Å². The van der Waals surface area contributed by atoms with E-state index in [-0.39, 0.29) is 12.5 Å². The van der Waals surface area contributed by atoms with Crippen molar-refractivity contribution < 1.29 is 9.53 Å². The zero-order valence-electron chi connectivity index (χ0n) is 12.7. The van der Waals surface area contributed by atoms with Gasteiger partial charge in [0.2, 0.25) is 0 Å². The van der Waals surface area contributed by atoms with Gasteiger partial charge in [-0.2, -0.15) is 5.10 Å². The minimum Gasteiger partial charge on any atom is -0.483 e. The lowest BCUT2D eigenvalue weighted by Crippen LogP contribution is -2.22. The lowest BCUT2D eigenvalue weighted by atomic mass is 10.1. The zero-order valence-corrected chi connectivity index (χ0v) is 12.7. The van der Waals surface area contributed by atoms with Gasteiger partial charge in [0.1, 0.15) is 5.75 Å². The van der Waals surface area contributed by atoms with Crippen LogP contribution in [0.5, 0.6) is 5.75 Å². The first-order chi connectivity index (χ1) is 9.40. The Morgan fingerprint density at radius 1 is 1.15 bits per heavy atom. The Morgan fingerprint density at radius 2 is 1.80 bits per heavy atom. The minimum atomic E-state index is -0.157. The van der Waals surface area contributed by atoms with Crippen molar-refractivity contribution in [1.29, 1.82) is 0 Å². The summed E-state index contributed by atoms with van der Waals surface area (Å²) in [5, 5.41) is 4.17. The molecule has 0 unspecified atom stereocenters. The van der Waals surface area contributed by atoms with Gasteiger partial charge in [-0.3, -0.25) is 4.79 Å². The molecule has 0 atom stereocenters. The summed E-state index contributed by atoms with van der Waals surface area (Å²) in [6.45, 7) is 9.74. The first kappa shape index (κ1) is 14.3. The monoisotopic (exact) mass is 272 g/mol. The van der Waals surface area contributed by atoms with Gasteiger partial charge >= 0.3 is 0 Å². The second kappa shape index (κ2) is 5.49. The molecule has 0 aliphatic rings. The lowest BCUT2D eigenvalue weighted by Gasteiger charge is -2.13. The highest BCUT2D eigenvalue weighted by atomic mass is 16.5. The Balaban J connectivity index is 2.15. The fourth-order valence-corrected chi connectivity index (χ4v) is 2.22. The second-order valence-electron chi connectivity index (χ2n) is 5.17. The molecule has 0 bridgehead atoms. The molecule has 20 heavy (non-hydrogen) atoms. The van der Waals surface area contributed by atoms with Crippen LogP contribution in [-0.4, -0.2) is 22.3 Å². The van der Waals surface area contributed by atoms with Crippen LogP contribution in [0.15, 0.2) is 18.2 Å². The molecule has 2 rings (SSSR count). The Hall–Kier alpha value is -2.10. The van der Waals surface area contributed by atoms with Crippen LogP contribution in [0.3, 0.4) is 0 Å². The van der Waals surface area contributed by atoms with E-state index in [4.69, 9.17) is 4.74 Å². The van der Waals surface area contributed by atoms with Gasteiger partial charge in [-0.15, -0.1) is 0 Å². The number of aromatic nitrogens is 2. The van der Waals surface area contributed by atoms with E-state index in [1.165, 1.54) is 4.68 Å². The molecule has 2 aromatic rings. The van der Waals surface area contributed by atoms with E-state index in [1.807, 2.05) is 46.8 Å². The molecule has 4 nitrogen and oxygen atoms in total. The summed E-state index contributed by atoms with van der Waals surface area (Å²) >= 11 is 0. The van der Waals surface area contributed by atoms with E-state index in [1.54, 1.807) is 0 Å². The van der Waals surface area contributed by atoms with E-state index in [0.717, 1.165) is 33.8 Å². The van der Waals surface area contributed by atoms with Crippen molar-refractivity contribution >= 4 is 5.91 Å². The van der Waals surface area contributed by atoms with Crippen molar-refractivity contribution in [2.45, 2.75) is 34.6 Å². The van der Waals surface area contributed by atoms with E-state index >= 15 is 0 Å². The number of rotatable bonds is 3. The van der Waals surface area contributed by atoms with Crippen molar-refractivity contribution in [3.63, 3.8) is 0 Å². The van der Waals surface area contributed by atoms with Crippen molar-refractivity contribution in [3.8, 4) is 5.75 Å². The molecule has 0 aliphatic heterocycles. The average Bonchev–Trinajstić information content (AvgIpc) is 2.73. The van der Waals surface area contributed by atoms with E-state index in [9.17, 15) is 4.79 Å². The smallest absolute Gasteiger partial charge is 0.284 e. The van der Waals surface area contributed by atoms with Crippen LogP contribution in [0.25, 0.3) is 0 Å². The highest BCUT2D eigenvalue weighted by molar-refractivity contribution is 5.80. The Morgan fingerprint density at radius 3 is 2.40 bits per heavy atom. The van der Waals surface area contributed by atoms with Gasteiger partial charge in [-0.1, -0.05) is 12.1 Å². The van der Waals surface area contributed by atoms with Crippen molar-refractivity contribution in [2.24, 2.45) is 0 Å². The van der Waals surface area contributed by atoms with Crippen LogP contribution in [0.4, 0.5) is 0 Å². The summed E-state index contributed by atoms with van der Waals surface area (Å²) in [5.74, 6) is 0.635. The maximum atomic E-state index is 12.1. The minimum absolute atomic E-state index is 0.00685. The number of nitrogens with zero attached hydrogens (tertiary/aromatic N) is 2. The molecule has 0 saturated carbocycles. The topological polar surface area (TPSA) is 44.1 Å². The predicted molar refractivity (Wildman–Crippen MR) is 78.5 cm³/mol. The van der Waals surface area contributed by atoms with Crippen molar-refractivity contribution in [2.75, 3.05) is 6.61 Å². The molecule has 0 N–H and O–H groups in total. The SMILES string of the molecule is Cc1cc(C)n(C(=O)COc2c(C)ccc(C)c2C)n1. The predicted octanol–water partition coefficient (Wildman–Crippen LogP) is 3.14. The standard InChI is InChI=1S/C16H20N2O2/c1-10-6-7-11(2)16(14(10)5)20-9-15(19)18-13(4)8-12(3)17-18/h6-8H,9H2,1-5H3. The summed E-state index contributed by atoms with van der Waals surface area (Å²) in [5.41, 5.74) is 4.93. The average molecular weight is 272 g/mol. The van der Waals surface area contributed by atoms with Crippen molar-refractivity contribution in [3.05, 3.63) is 46.3 Å². The van der Waals surface area contributed by atoms with Crippen LogP contribution in [0.2, 0.25) is 0 Å². The molecule has 0 radical (unpaired) electrons. The molecule has 4 heteroatoms. The fraction of sp³-hybridized carbons (Fsp3) is 0.375. The van der Waals surface area contributed by atoms with Gasteiger partial charge < -0.3 is 4.74 Å². The highest BCUT2D eigenvalue weighted by Crippen LogP contribution is 2.25. The van der Waals surface area contributed by atoms with Gasteiger partial charge in [0.05, 0.1) is 5.69 Å². The molecule has 1 aromatic heterocycles. The van der Waals surface area contributed by atoms with Gasteiger partial charge in [0.15, 0.2) is 6.61 Å². The Bertz CT molecular complexity index is 657. The number of carbonyl (C=O) groups excluding carboxylic acids is 1. The van der Waals surface area contributed by atoms with Gasteiger partial charge in [0, 0.05) is 5.69 Å². The largest absolute Gasteiger partial charge is 0.483 e. The normalized spacial score (nSPS) is 10.7. The maximum absolute atomic E-state index is 12.1. The van der Waals surface area contributed by atoms with Crippen LogP contribution in [0.1, 0.15) is 32.9 Å². The molecule has 1 aromatic carbocycles. The fourth-order valence-electron chi connectivity index (χ4n) is 2.22. The molecule has 0 fully saturated rings. The lowest BCUT2D eigenvalue weighted by molar-refractivity contribution is 0.0817. The number of carbonyl (C=O) groups is 1. The Kier molecular flexibility index (Phi) is 3.93. The number of ether oxygens (including phenoxy) is 1. The third kappa shape index (κ3) is 2.74. The first-order valence-electron chi connectivity index (χ1n) is 6.66. The molecule has 0 amide bonds. The number of benzene rings is 1. The van der Waals surface area contributed by atoms with Crippen LogP contribution in [0, 0.1) is 34.6 Å². The summed E-state index contributed by atoms with van der Waals surface area (Å²) in [4.78, 5) is 12.1. The second-order valence-corrected chi connectivity index (χ2v) is 5.17. The van der Waals surface area contributed by atoms with Crippen LogP contribution in [-0.2, 0) is 0 Å². The molecule has 1 heterocycles. The van der Waals surface area contributed by atoms with E-state index in [0.29, 0.717) is 0 Å². The molecule has 0 saturated heterocycles. The number of hydrogen-bond donors (Lipinski definition) is 0. The summed E-state index contributed by atoms with van der Waals surface area (Å²) in [6, 6.07) is 5.94. The van der Waals surface area contributed by atoms with Crippen molar-refractivity contribution in [1.82, 2.24) is 9.78 Å². The number of aryl methyl sites for hydroxylation is 4. The zero-order chi connectivity index (χ0) is 14.9. The highest BCUT2D eigenvalue weighted by Gasteiger charge is 2.13. The summed E-state index contributed by atoms with van der Waals surface area (Å²) in [7, 11) is 0. The molecular formula is C16H20N2O2. The quantitative estimate of drug-likeness (QED) is 0.862. The van der Waals surface area contributed by atoms with Gasteiger partial charge in [-0.25, -0.2) is 4.68 Å². The number of hydrogen-bond acceptors (Lipinski definition) is 3. The third-order valence-corrected chi connectivity index (χ3v) is 3.46. The van der Waals surface area contributed by atoms with Gasteiger partial charge in [0.25, 0.3) is 5.91 Å². The first-order valence-corrected chi connectivity index (χ1v) is 6.66. The summed E-state index contributed by atoms with van der Waals surface area (Å²) in [6.07, 6.45) is 0. The molecular weight excluding hydrogens is 252 g/mol. The molecule has 0 aliphatic carbocycles. The third-order valence-electron chi connectivity index (χ3n) is 3.46. The van der Waals surface area contributed by atoms with Crippen LogP contribution < -0.4 is 4.74 Å². The summed E-state index contributed by atoms with van der Waals surface area (Å²) < 4.78 is 7.12.